The first-order valence-corrected chi connectivity index (χ1v) is 13.2. The van der Waals surface area contributed by atoms with Gasteiger partial charge in [0.25, 0.3) is 5.91 Å². The molecule has 0 atom stereocenters. The van der Waals surface area contributed by atoms with Gasteiger partial charge in [-0.15, -0.1) is 23.5 Å². The fraction of sp³-hybridized carbons (Fsp3) is 0.458. The van der Waals surface area contributed by atoms with Gasteiger partial charge in [-0.1, -0.05) is 12.1 Å². The summed E-state index contributed by atoms with van der Waals surface area (Å²) in [5.74, 6) is 2.26. The highest BCUT2D eigenvalue weighted by Gasteiger charge is 2.30. The number of carbonyl (C=O) groups excluding carboxylic acids is 2. The van der Waals surface area contributed by atoms with E-state index in [-0.39, 0.29) is 17.7 Å². The maximum atomic E-state index is 13.0. The zero-order valence-corrected chi connectivity index (χ0v) is 19.8. The number of rotatable bonds is 5. The van der Waals surface area contributed by atoms with Crippen LogP contribution in [-0.4, -0.2) is 64.1 Å². The Hall–Kier alpha value is -1.99. The van der Waals surface area contributed by atoms with Gasteiger partial charge in [0.15, 0.2) is 0 Å². The average Bonchev–Trinajstić information content (AvgIpc) is 3.34. The zero-order valence-electron chi connectivity index (χ0n) is 18.2. The SMILES string of the molecule is CSc1ccc(CC(=O)N2CCC(c3nc(C)ccc3C(=O)N3CCSC3)CC2)cc1. The molecule has 2 aliphatic rings. The van der Waals surface area contributed by atoms with Crippen molar-refractivity contribution in [1.82, 2.24) is 14.8 Å². The molecule has 0 N–H and O–H groups in total. The minimum absolute atomic E-state index is 0.0969. The van der Waals surface area contributed by atoms with E-state index in [1.807, 2.05) is 41.0 Å². The molecule has 2 amide bonds. The summed E-state index contributed by atoms with van der Waals surface area (Å²) in [6, 6.07) is 12.1. The Balaban J connectivity index is 1.40. The van der Waals surface area contributed by atoms with Gasteiger partial charge in [0.05, 0.1) is 23.6 Å². The van der Waals surface area contributed by atoms with Crippen LogP contribution >= 0.6 is 23.5 Å². The number of hydrogen-bond acceptors (Lipinski definition) is 5. The number of aryl methyl sites for hydroxylation is 1. The minimum Gasteiger partial charge on any atom is -0.342 e. The summed E-state index contributed by atoms with van der Waals surface area (Å²) in [5.41, 5.74) is 3.66. The normalized spacial score (nSPS) is 17.2. The molecule has 31 heavy (non-hydrogen) atoms. The molecule has 5 nitrogen and oxygen atoms in total. The summed E-state index contributed by atoms with van der Waals surface area (Å²) in [5, 5.41) is 0. The monoisotopic (exact) mass is 455 g/mol. The van der Waals surface area contributed by atoms with E-state index in [4.69, 9.17) is 4.98 Å². The van der Waals surface area contributed by atoms with Crippen LogP contribution in [0.2, 0.25) is 0 Å². The second-order valence-corrected chi connectivity index (χ2v) is 10.1. The van der Waals surface area contributed by atoms with Crippen molar-refractivity contribution in [2.24, 2.45) is 0 Å². The molecule has 0 bridgehead atoms. The smallest absolute Gasteiger partial charge is 0.256 e. The summed E-state index contributed by atoms with van der Waals surface area (Å²) >= 11 is 3.50. The Morgan fingerprint density at radius 3 is 2.45 bits per heavy atom. The third-order valence-electron chi connectivity index (χ3n) is 6.08. The van der Waals surface area contributed by atoms with E-state index in [0.717, 1.165) is 66.6 Å². The van der Waals surface area contributed by atoms with Crippen LogP contribution in [0.3, 0.4) is 0 Å². The van der Waals surface area contributed by atoms with Crippen LogP contribution in [0, 0.1) is 6.92 Å². The van der Waals surface area contributed by atoms with Gasteiger partial charge in [-0.3, -0.25) is 14.6 Å². The third-order valence-corrected chi connectivity index (χ3v) is 7.79. The molecule has 164 valence electrons. The van der Waals surface area contributed by atoms with Gasteiger partial charge in [-0.2, -0.15) is 0 Å². The van der Waals surface area contributed by atoms with Gasteiger partial charge in [0.1, 0.15) is 0 Å². The fourth-order valence-corrected chi connectivity index (χ4v) is 5.60. The molecule has 2 aromatic rings. The van der Waals surface area contributed by atoms with Crippen molar-refractivity contribution in [2.45, 2.75) is 37.0 Å². The first kappa shape index (κ1) is 22.2. The Morgan fingerprint density at radius 1 is 1.06 bits per heavy atom. The Bertz CT molecular complexity index is 934. The molecule has 7 heteroatoms. The lowest BCUT2D eigenvalue weighted by molar-refractivity contribution is -0.131. The highest BCUT2D eigenvalue weighted by Crippen LogP contribution is 2.31. The fourth-order valence-electron chi connectivity index (χ4n) is 4.25. The molecular formula is C24H29N3O2S2. The minimum atomic E-state index is 0.0969. The molecule has 0 unspecified atom stereocenters. The molecule has 1 aromatic heterocycles. The number of likely N-dealkylation sites (tertiary alicyclic amines) is 1. The number of nitrogens with zero attached hydrogens (tertiary/aromatic N) is 3. The molecule has 3 heterocycles. The lowest BCUT2D eigenvalue weighted by Crippen LogP contribution is -2.39. The molecule has 1 aromatic carbocycles. The van der Waals surface area contributed by atoms with Crippen LogP contribution in [0.25, 0.3) is 0 Å². The Morgan fingerprint density at radius 2 is 1.81 bits per heavy atom. The van der Waals surface area contributed by atoms with Crippen LogP contribution < -0.4 is 0 Å². The molecule has 2 saturated heterocycles. The maximum absolute atomic E-state index is 13.0. The standard InChI is InChI=1S/C24H29N3O2S2/c1-17-3-8-21(24(29)27-13-14-31-16-27)23(25-17)19-9-11-26(12-10-19)22(28)15-18-4-6-20(30-2)7-5-18/h3-8,19H,9-16H2,1-2H3. The van der Waals surface area contributed by atoms with Crippen molar-refractivity contribution >= 4 is 35.3 Å². The van der Waals surface area contributed by atoms with Crippen LogP contribution in [0.4, 0.5) is 0 Å². The van der Waals surface area contributed by atoms with Crippen molar-refractivity contribution in [2.75, 3.05) is 37.5 Å². The van der Waals surface area contributed by atoms with Gasteiger partial charge in [0.2, 0.25) is 5.91 Å². The first-order valence-electron chi connectivity index (χ1n) is 10.8. The summed E-state index contributed by atoms with van der Waals surface area (Å²) in [6.45, 7) is 4.22. The highest BCUT2D eigenvalue weighted by atomic mass is 32.2. The number of carbonyl (C=O) groups is 2. The number of benzene rings is 1. The van der Waals surface area contributed by atoms with Gasteiger partial charge in [-0.05, 0) is 55.9 Å². The van der Waals surface area contributed by atoms with Crippen molar-refractivity contribution in [3.8, 4) is 0 Å². The lowest BCUT2D eigenvalue weighted by atomic mass is 9.89. The Labute approximate surface area is 193 Å². The largest absolute Gasteiger partial charge is 0.342 e. The molecule has 2 aliphatic heterocycles. The maximum Gasteiger partial charge on any atom is 0.256 e. The van der Waals surface area contributed by atoms with Crippen molar-refractivity contribution in [3.63, 3.8) is 0 Å². The van der Waals surface area contributed by atoms with E-state index in [2.05, 4.69) is 18.4 Å². The van der Waals surface area contributed by atoms with Gasteiger partial charge in [-0.25, -0.2) is 0 Å². The van der Waals surface area contributed by atoms with Crippen LogP contribution in [0.5, 0.6) is 0 Å². The topological polar surface area (TPSA) is 53.5 Å². The number of amides is 2. The Kier molecular flexibility index (Phi) is 7.23. The van der Waals surface area contributed by atoms with Crippen molar-refractivity contribution in [3.05, 3.63) is 58.9 Å². The van der Waals surface area contributed by atoms with Crippen molar-refractivity contribution in [1.29, 1.82) is 0 Å². The van der Waals surface area contributed by atoms with E-state index in [1.54, 1.807) is 23.5 Å². The molecular weight excluding hydrogens is 426 g/mol. The van der Waals surface area contributed by atoms with E-state index in [1.165, 1.54) is 4.90 Å². The molecule has 0 spiro atoms. The number of aromatic nitrogens is 1. The molecule has 0 radical (unpaired) electrons. The molecule has 4 rings (SSSR count). The van der Waals surface area contributed by atoms with E-state index in [0.29, 0.717) is 6.42 Å². The van der Waals surface area contributed by atoms with E-state index < -0.39 is 0 Å². The third kappa shape index (κ3) is 5.26. The van der Waals surface area contributed by atoms with Crippen LogP contribution in [-0.2, 0) is 11.2 Å². The molecule has 0 saturated carbocycles. The summed E-state index contributed by atoms with van der Waals surface area (Å²) < 4.78 is 0. The second-order valence-electron chi connectivity index (χ2n) is 8.17. The second kappa shape index (κ2) is 10.1. The van der Waals surface area contributed by atoms with E-state index in [9.17, 15) is 9.59 Å². The summed E-state index contributed by atoms with van der Waals surface area (Å²) in [7, 11) is 0. The molecule has 0 aliphatic carbocycles. The highest BCUT2D eigenvalue weighted by molar-refractivity contribution is 7.99. The first-order chi connectivity index (χ1) is 15.0. The zero-order chi connectivity index (χ0) is 21.8. The number of piperidine rings is 1. The number of thioether (sulfide) groups is 2. The average molecular weight is 456 g/mol. The van der Waals surface area contributed by atoms with Crippen LogP contribution in [0.15, 0.2) is 41.3 Å². The van der Waals surface area contributed by atoms with Gasteiger partial charge in [0, 0.05) is 41.9 Å². The van der Waals surface area contributed by atoms with E-state index >= 15 is 0 Å². The summed E-state index contributed by atoms with van der Waals surface area (Å²) in [4.78, 5) is 35.7. The molecule has 2 fully saturated rings. The van der Waals surface area contributed by atoms with Gasteiger partial charge < -0.3 is 9.80 Å². The quantitative estimate of drug-likeness (QED) is 0.632. The van der Waals surface area contributed by atoms with Crippen LogP contribution in [0.1, 0.15) is 46.1 Å². The number of hydrogen-bond donors (Lipinski definition) is 0. The lowest BCUT2D eigenvalue weighted by Gasteiger charge is -2.33. The predicted molar refractivity (Wildman–Crippen MR) is 128 cm³/mol. The van der Waals surface area contributed by atoms with Gasteiger partial charge >= 0.3 is 0 Å². The number of pyridine rings is 1. The summed E-state index contributed by atoms with van der Waals surface area (Å²) in [6.07, 6.45) is 4.19. The van der Waals surface area contributed by atoms with Crippen molar-refractivity contribution < 1.29 is 9.59 Å². The predicted octanol–water partition coefficient (Wildman–Crippen LogP) is 4.21.